The van der Waals surface area contributed by atoms with E-state index in [-0.39, 0.29) is 18.0 Å². The number of anilines is 2. The van der Waals surface area contributed by atoms with Crippen molar-refractivity contribution in [3.8, 4) is 22.8 Å². The summed E-state index contributed by atoms with van der Waals surface area (Å²) in [7, 11) is 3.26. The average Bonchev–Trinajstić information content (AvgIpc) is 3.53. The van der Waals surface area contributed by atoms with Gasteiger partial charge in [0.2, 0.25) is 0 Å². The summed E-state index contributed by atoms with van der Waals surface area (Å²) in [6, 6.07) is 18.3. The van der Waals surface area contributed by atoms with Crippen LogP contribution in [0.25, 0.3) is 22.2 Å². The molecular weight excluding hydrogens is 634 g/mol. The van der Waals surface area contributed by atoms with E-state index in [0.717, 1.165) is 40.4 Å². The predicted octanol–water partition coefficient (Wildman–Crippen LogP) is 7.26. The van der Waals surface area contributed by atoms with E-state index >= 15 is 0 Å². The van der Waals surface area contributed by atoms with E-state index in [4.69, 9.17) is 24.3 Å². The summed E-state index contributed by atoms with van der Waals surface area (Å²) in [6.45, 7) is 9.17. The Morgan fingerprint density at radius 1 is 1.00 bits per heavy atom. The first kappa shape index (κ1) is 34.2. The van der Waals surface area contributed by atoms with E-state index in [9.17, 15) is 9.59 Å². The van der Waals surface area contributed by atoms with Crippen molar-refractivity contribution < 1.29 is 23.8 Å². The van der Waals surface area contributed by atoms with Crippen molar-refractivity contribution >= 4 is 34.5 Å². The van der Waals surface area contributed by atoms with Gasteiger partial charge < -0.3 is 29.7 Å². The Hall–Kier alpha value is -5.65. The number of likely N-dealkylation sites (tertiary alicyclic amines) is 1. The molecule has 12 heteroatoms. The summed E-state index contributed by atoms with van der Waals surface area (Å²) < 4.78 is 18.8. The smallest absolute Gasteiger partial charge is 0.410 e. The van der Waals surface area contributed by atoms with Crippen molar-refractivity contribution in [1.29, 1.82) is 0 Å². The van der Waals surface area contributed by atoms with Crippen LogP contribution in [0.1, 0.15) is 61.1 Å². The molecule has 2 amide bonds. The molecule has 1 aliphatic rings. The Kier molecular flexibility index (Phi) is 9.89. The topological polar surface area (TPSA) is 133 Å². The zero-order chi connectivity index (χ0) is 35.4. The van der Waals surface area contributed by atoms with Crippen LogP contribution in [0.2, 0.25) is 0 Å². The number of nitrogens with one attached hydrogen (secondary N) is 2. The van der Waals surface area contributed by atoms with E-state index in [1.165, 1.54) is 0 Å². The molecule has 0 radical (unpaired) electrons. The number of amides is 2. The van der Waals surface area contributed by atoms with Gasteiger partial charge in [-0.05, 0) is 82.5 Å². The minimum atomic E-state index is -0.592. The van der Waals surface area contributed by atoms with Gasteiger partial charge in [0.15, 0.2) is 0 Å². The molecule has 0 saturated carbocycles. The maximum atomic E-state index is 13.1. The van der Waals surface area contributed by atoms with Gasteiger partial charge in [-0.2, -0.15) is 5.10 Å². The lowest BCUT2D eigenvalue weighted by molar-refractivity contribution is 0.0169. The number of carbonyl (C=O) groups is 2. The molecule has 0 unspecified atom stereocenters. The largest absolute Gasteiger partial charge is 0.497 e. The summed E-state index contributed by atoms with van der Waals surface area (Å²) in [6.07, 6.45) is 4.80. The van der Waals surface area contributed by atoms with Crippen LogP contribution in [0.15, 0.2) is 73.1 Å². The van der Waals surface area contributed by atoms with E-state index in [2.05, 4.69) is 15.6 Å². The van der Waals surface area contributed by atoms with Crippen molar-refractivity contribution in [2.75, 3.05) is 37.9 Å². The van der Waals surface area contributed by atoms with E-state index in [0.29, 0.717) is 54.0 Å². The Morgan fingerprint density at radius 2 is 1.80 bits per heavy atom. The molecule has 6 rings (SSSR count). The molecule has 1 saturated heterocycles. The van der Waals surface area contributed by atoms with Gasteiger partial charge in [-0.25, -0.2) is 14.8 Å². The molecule has 4 heterocycles. The monoisotopic (exact) mass is 677 g/mol. The summed E-state index contributed by atoms with van der Waals surface area (Å²) in [5.41, 5.74) is 4.24. The van der Waals surface area contributed by atoms with Crippen LogP contribution in [0, 0.1) is 6.92 Å². The number of piperidine rings is 1. The highest BCUT2D eigenvalue weighted by Gasteiger charge is 2.31. The predicted molar refractivity (Wildman–Crippen MR) is 193 cm³/mol. The lowest BCUT2D eigenvalue weighted by Gasteiger charge is -2.34. The molecule has 0 bridgehead atoms. The van der Waals surface area contributed by atoms with Crippen LogP contribution < -0.4 is 20.1 Å². The van der Waals surface area contributed by atoms with E-state index in [1.807, 2.05) is 75.0 Å². The quantitative estimate of drug-likeness (QED) is 0.165. The van der Waals surface area contributed by atoms with Gasteiger partial charge in [-0.1, -0.05) is 18.2 Å². The third-order valence-corrected chi connectivity index (χ3v) is 8.57. The summed E-state index contributed by atoms with van der Waals surface area (Å²) >= 11 is 0. The summed E-state index contributed by atoms with van der Waals surface area (Å²) in [4.78, 5) is 36.9. The first-order chi connectivity index (χ1) is 24.0. The standard InChI is InChI=1S/C38H43N7O5/c1-24-21-40-35(41-22-27-16-17-29(48-5)20-30(27)49-6)32-33(25-12-14-26(15-13-25)36(46)42-31-11-7-8-18-39-31)43-45(34(24)32)28-10-9-19-44(23-28)37(47)50-38(2,3)4/h7-8,11-18,20-21,28H,9-10,19,22-23H2,1-6H3,(H,40,41)(H,39,42,46)/t28-/m1/s1. The summed E-state index contributed by atoms with van der Waals surface area (Å²) in [5.74, 6) is 2.27. The van der Waals surface area contributed by atoms with Gasteiger partial charge in [0, 0.05) is 54.8 Å². The number of methoxy groups -OCH3 is 2. The Balaban J connectivity index is 1.39. The Labute approximate surface area is 291 Å². The molecular formula is C38H43N7O5. The highest BCUT2D eigenvalue weighted by Crippen LogP contribution is 2.38. The molecule has 0 spiro atoms. The number of fused-ring (bicyclic) bond motifs is 1. The van der Waals surface area contributed by atoms with Gasteiger partial charge in [0.25, 0.3) is 5.91 Å². The lowest BCUT2D eigenvalue weighted by atomic mass is 10.0. The number of nitrogens with zero attached hydrogens (tertiary/aromatic N) is 5. The fraction of sp³-hybridized carbons (Fsp3) is 0.342. The number of benzene rings is 2. The zero-order valence-electron chi connectivity index (χ0n) is 29.3. The third-order valence-electron chi connectivity index (χ3n) is 8.57. The minimum Gasteiger partial charge on any atom is -0.497 e. The van der Waals surface area contributed by atoms with Crippen molar-refractivity contribution in [3.05, 3.63) is 89.7 Å². The molecule has 3 aromatic heterocycles. The van der Waals surface area contributed by atoms with E-state index in [1.54, 1.807) is 49.6 Å². The number of ether oxygens (including phenoxy) is 3. The van der Waals surface area contributed by atoms with Crippen LogP contribution in [0.4, 0.5) is 16.4 Å². The molecule has 50 heavy (non-hydrogen) atoms. The van der Waals surface area contributed by atoms with Gasteiger partial charge in [-0.3, -0.25) is 9.48 Å². The van der Waals surface area contributed by atoms with Gasteiger partial charge in [0.1, 0.15) is 34.4 Å². The van der Waals surface area contributed by atoms with Crippen molar-refractivity contribution in [2.45, 2.75) is 58.7 Å². The Morgan fingerprint density at radius 3 is 2.50 bits per heavy atom. The van der Waals surface area contributed by atoms with Crippen LogP contribution >= 0.6 is 0 Å². The zero-order valence-corrected chi connectivity index (χ0v) is 29.3. The molecule has 260 valence electrons. The number of carbonyl (C=O) groups excluding carboxylic acids is 2. The van der Waals surface area contributed by atoms with Crippen molar-refractivity contribution in [1.82, 2.24) is 24.6 Å². The van der Waals surface area contributed by atoms with Crippen LogP contribution in [0.5, 0.6) is 11.5 Å². The van der Waals surface area contributed by atoms with Crippen LogP contribution in [-0.2, 0) is 11.3 Å². The van der Waals surface area contributed by atoms with Gasteiger partial charge >= 0.3 is 6.09 Å². The number of aromatic nitrogens is 4. The highest BCUT2D eigenvalue weighted by molar-refractivity contribution is 6.05. The number of rotatable bonds is 9. The fourth-order valence-electron chi connectivity index (χ4n) is 6.15. The molecule has 1 fully saturated rings. The second kappa shape index (κ2) is 14.5. The molecule has 0 aliphatic carbocycles. The first-order valence-electron chi connectivity index (χ1n) is 16.7. The van der Waals surface area contributed by atoms with Gasteiger partial charge in [0.05, 0.1) is 31.2 Å². The fourth-order valence-corrected chi connectivity index (χ4v) is 6.15. The number of pyridine rings is 2. The normalized spacial score (nSPS) is 14.7. The second-order valence-electron chi connectivity index (χ2n) is 13.3. The SMILES string of the molecule is COc1ccc(CNc2ncc(C)c3c2c(-c2ccc(C(=O)Nc4ccccn4)cc2)nn3[C@@H]2CCCN(C(=O)OC(C)(C)C)C2)c(OC)c1. The first-order valence-corrected chi connectivity index (χ1v) is 16.7. The van der Waals surface area contributed by atoms with Crippen LogP contribution in [0.3, 0.4) is 0 Å². The Bertz CT molecular complexity index is 1990. The summed E-state index contributed by atoms with van der Waals surface area (Å²) in [5, 5.41) is 12.5. The molecule has 1 aliphatic heterocycles. The molecule has 5 aromatic rings. The number of hydrogen-bond acceptors (Lipinski definition) is 9. The van der Waals surface area contributed by atoms with E-state index < -0.39 is 5.60 Å². The average molecular weight is 678 g/mol. The van der Waals surface area contributed by atoms with Crippen molar-refractivity contribution in [3.63, 3.8) is 0 Å². The third kappa shape index (κ3) is 7.49. The second-order valence-corrected chi connectivity index (χ2v) is 13.3. The number of hydrogen-bond donors (Lipinski definition) is 2. The number of aryl methyl sites for hydroxylation is 1. The maximum Gasteiger partial charge on any atom is 0.410 e. The minimum absolute atomic E-state index is 0.0911. The van der Waals surface area contributed by atoms with Gasteiger partial charge in [-0.15, -0.1) is 0 Å². The van der Waals surface area contributed by atoms with Crippen molar-refractivity contribution in [2.24, 2.45) is 0 Å². The lowest BCUT2D eigenvalue weighted by Crippen LogP contribution is -2.43. The van der Waals surface area contributed by atoms with Crippen LogP contribution in [-0.4, -0.2) is 69.6 Å². The molecule has 2 aromatic carbocycles. The highest BCUT2D eigenvalue weighted by atomic mass is 16.6. The molecule has 1 atom stereocenters. The molecule has 12 nitrogen and oxygen atoms in total. The maximum absolute atomic E-state index is 13.1. The molecule has 2 N–H and O–H groups in total.